The Morgan fingerprint density at radius 2 is 1.88 bits per heavy atom. The Balaban J connectivity index is 1.77. The Kier molecular flexibility index (Phi) is 3.69. The molecular weight excluding hydrogens is 336 g/mol. The standard InChI is InChI=1S/C19H14N2O5/c1-11(22)21-18(12-6-8-14(23)9-7-12)26-17(20-21)15-10-13-4-2-3-5-16(13)25-19(15)24/h2-10,18,23H,1H3. The monoisotopic (exact) mass is 350 g/mol. The number of hydrazone groups is 1. The molecular formula is C19H14N2O5. The molecule has 0 fully saturated rings. The lowest BCUT2D eigenvalue weighted by Crippen LogP contribution is -2.25. The summed E-state index contributed by atoms with van der Waals surface area (Å²) in [7, 11) is 0. The van der Waals surface area contributed by atoms with Crippen molar-refractivity contribution < 1.29 is 19.1 Å². The fourth-order valence-corrected chi connectivity index (χ4v) is 2.74. The zero-order chi connectivity index (χ0) is 18.3. The van der Waals surface area contributed by atoms with Crippen LogP contribution in [0.5, 0.6) is 5.75 Å². The minimum Gasteiger partial charge on any atom is -0.508 e. The van der Waals surface area contributed by atoms with Gasteiger partial charge in [-0.2, -0.15) is 5.01 Å². The molecule has 130 valence electrons. The third-order valence-electron chi connectivity index (χ3n) is 4.02. The number of rotatable bonds is 2. The molecule has 7 heteroatoms. The van der Waals surface area contributed by atoms with Gasteiger partial charge in [-0.15, -0.1) is 5.10 Å². The topological polar surface area (TPSA) is 92.3 Å². The van der Waals surface area contributed by atoms with Crippen molar-refractivity contribution in [1.82, 2.24) is 5.01 Å². The van der Waals surface area contributed by atoms with Crippen molar-refractivity contribution in [1.29, 1.82) is 0 Å². The van der Waals surface area contributed by atoms with Crippen molar-refractivity contribution in [2.45, 2.75) is 13.2 Å². The van der Waals surface area contributed by atoms with E-state index in [-0.39, 0.29) is 23.1 Å². The fourth-order valence-electron chi connectivity index (χ4n) is 2.74. The smallest absolute Gasteiger partial charge is 0.349 e. The molecule has 1 aliphatic rings. The third-order valence-corrected chi connectivity index (χ3v) is 4.02. The van der Waals surface area contributed by atoms with Crippen LogP contribution in [0.15, 0.2) is 68.9 Å². The summed E-state index contributed by atoms with van der Waals surface area (Å²) in [6.45, 7) is 1.35. The number of phenols is 1. The number of carbonyl (C=O) groups excluding carboxylic acids is 1. The van der Waals surface area contributed by atoms with Gasteiger partial charge in [-0.3, -0.25) is 4.79 Å². The highest BCUT2D eigenvalue weighted by molar-refractivity contribution is 5.98. The van der Waals surface area contributed by atoms with Gasteiger partial charge in [0.1, 0.15) is 16.9 Å². The van der Waals surface area contributed by atoms with Crippen LogP contribution in [0.2, 0.25) is 0 Å². The molecule has 26 heavy (non-hydrogen) atoms. The Morgan fingerprint density at radius 3 is 2.62 bits per heavy atom. The molecule has 1 amide bonds. The van der Waals surface area contributed by atoms with Gasteiger partial charge in [-0.25, -0.2) is 4.79 Å². The lowest BCUT2D eigenvalue weighted by Gasteiger charge is -2.19. The van der Waals surface area contributed by atoms with Crippen LogP contribution >= 0.6 is 0 Å². The number of hydrogen-bond donors (Lipinski definition) is 1. The summed E-state index contributed by atoms with van der Waals surface area (Å²) in [6, 6.07) is 14.9. The lowest BCUT2D eigenvalue weighted by atomic mass is 10.1. The summed E-state index contributed by atoms with van der Waals surface area (Å²) >= 11 is 0. The second-order valence-electron chi connectivity index (χ2n) is 5.82. The van der Waals surface area contributed by atoms with Crippen molar-refractivity contribution in [2.24, 2.45) is 5.10 Å². The maximum atomic E-state index is 12.3. The first-order valence-electron chi connectivity index (χ1n) is 7.90. The molecule has 0 aliphatic carbocycles. The number of ether oxygens (including phenoxy) is 1. The van der Waals surface area contributed by atoms with E-state index in [4.69, 9.17) is 9.15 Å². The summed E-state index contributed by atoms with van der Waals surface area (Å²) in [5, 5.41) is 15.5. The van der Waals surface area contributed by atoms with Crippen LogP contribution in [0.4, 0.5) is 0 Å². The number of phenolic OH excluding ortho intramolecular Hbond substituents is 1. The number of nitrogens with zero attached hydrogens (tertiary/aromatic N) is 2. The Bertz CT molecular complexity index is 1090. The van der Waals surface area contributed by atoms with Gasteiger partial charge in [0.05, 0.1) is 0 Å². The van der Waals surface area contributed by atoms with Gasteiger partial charge in [0.2, 0.25) is 18.0 Å². The number of carbonyl (C=O) groups is 1. The van der Waals surface area contributed by atoms with E-state index < -0.39 is 11.9 Å². The average Bonchev–Trinajstić information content (AvgIpc) is 3.07. The molecule has 0 bridgehead atoms. The molecule has 1 N–H and O–H groups in total. The Morgan fingerprint density at radius 1 is 1.15 bits per heavy atom. The number of benzene rings is 2. The van der Waals surface area contributed by atoms with Crippen LogP contribution < -0.4 is 5.63 Å². The van der Waals surface area contributed by atoms with E-state index in [2.05, 4.69) is 5.10 Å². The molecule has 1 aliphatic heterocycles. The fraction of sp³-hybridized carbons (Fsp3) is 0.105. The van der Waals surface area contributed by atoms with Gasteiger partial charge in [0.15, 0.2) is 0 Å². The summed E-state index contributed by atoms with van der Waals surface area (Å²) < 4.78 is 11.1. The maximum absolute atomic E-state index is 12.3. The molecule has 3 aromatic rings. The number of para-hydroxylation sites is 1. The third kappa shape index (κ3) is 2.69. The van der Waals surface area contributed by atoms with Crippen LogP contribution in [0.3, 0.4) is 0 Å². The number of amides is 1. The zero-order valence-electron chi connectivity index (χ0n) is 13.7. The zero-order valence-corrected chi connectivity index (χ0v) is 13.7. The average molecular weight is 350 g/mol. The SMILES string of the molecule is CC(=O)N1N=C(c2cc3ccccc3oc2=O)OC1c1ccc(O)cc1. The molecule has 2 heterocycles. The first-order valence-corrected chi connectivity index (χ1v) is 7.90. The van der Waals surface area contributed by atoms with Crippen LogP contribution in [0.25, 0.3) is 11.0 Å². The quantitative estimate of drug-likeness (QED) is 0.718. The molecule has 4 rings (SSSR count). The first-order chi connectivity index (χ1) is 12.5. The van der Waals surface area contributed by atoms with E-state index in [0.717, 1.165) is 10.4 Å². The van der Waals surface area contributed by atoms with Gasteiger partial charge >= 0.3 is 5.63 Å². The van der Waals surface area contributed by atoms with Gasteiger partial charge in [0, 0.05) is 17.9 Å². The lowest BCUT2D eigenvalue weighted by molar-refractivity contribution is -0.135. The van der Waals surface area contributed by atoms with E-state index in [9.17, 15) is 14.7 Å². The van der Waals surface area contributed by atoms with Crippen LogP contribution in [0, 0.1) is 0 Å². The summed E-state index contributed by atoms with van der Waals surface area (Å²) in [6.07, 6.45) is -0.825. The van der Waals surface area contributed by atoms with Crippen molar-refractivity contribution in [3.63, 3.8) is 0 Å². The second-order valence-corrected chi connectivity index (χ2v) is 5.82. The first kappa shape index (κ1) is 15.9. The molecule has 1 atom stereocenters. The van der Waals surface area contributed by atoms with Crippen LogP contribution in [-0.2, 0) is 9.53 Å². The summed E-state index contributed by atoms with van der Waals surface area (Å²) in [4.78, 5) is 24.3. The normalized spacial score (nSPS) is 16.4. The summed E-state index contributed by atoms with van der Waals surface area (Å²) in [5.41, 5.74) is 0.605. The van der Waals surface area contributed by atoms with Gasteiger partial charge in [-0.05, 0) is 36.4 Å². The van der Waals surface area contributed by atoms with Crippen molar-refractivity contribution >= 4 is 22.8 Å². The van der Waals surface area contributed by atoms with E-state index in [0.29, 0.717) is 11.1 Å². The van der Waals surface area contributed by atoms with Crippen molar-refractivity contribution in [3.8, 4) is 5.75 Å². The largest absolute Gasteiger partial charge is 0.508 e. The number of aromatic hydroxyl groups is 1. The molecule has 2 aromatic carbocycles. The molecule has 1 aromatic heterocycles. The number of fused-ring (bicyclic) bond motifs is 1. The minimum atomic E-state index is -0.825. The van der Waals surface area contributed by atoms with Crippen LogP contribution in [-0.4, -0.2) is 21.9 Å². The Labute approximate surface area is 147 Å². The van der Waals surface area contributed by atoms with Gasteiger partial charge in [-0.1, -0.05) is 18.2 Å². The molecule has 0 saturated carbocycles. The van der Waals surface area contributed by atoms with E-state index in [1.807, 2.05) is 6.07 Å². The number of hydrogen-bond acceptors (Lipinski definition) is 6. The molecule has 7 nitrogen and oxygen atoms in total. The minimum absolute atomic E-state index is 0.0118. The van der Waals surface area contributed by atoms with E-state index >= 15 is 0 Å². The maximum Gasteiger partial charge on any atom is 0.349 e. The van der Waals surface area contributed by atoms with Crippen molar-refractivity contribution in [3.05, 3.63) is 76.1 Å². The molecule has 1 unspecified atom stereocenters. The van der Waals surface area contributed by atoms with E-state index in [1.54, 1.807) is 36.4 Å². The Hall–Kier alpha value is -3.61. The molecule has 0 saturated heterocycles. The predicted octanol–water partition coefficient (Wildman–Crippen LogP) is 2.74. The second kappa shape index (κ2) is 6.03. The summed E-state index contributed by atoms with van der Waals surface area (Å²) in [5.74, 6) is -0.238. The molecule has 0 radical (unpaired) electrons. The van der Waals surface area contributed by atoms with E-state index in [1.165, 1.54) is 19.1 Å². The van der Waals surface area contributed by atoms with Gasteiger partial charge in [0.25, 0.3) is 0 Å². The highest BCUT2D eigenvalue weighted by Crippen LogP contribution is 2.31. The predicted molar refractivity (Wildman–Crippen MR) is 93.5 cm³/mol. The highest BCUT2D eigenvalue weighted by atomic mass is 16.5. The van der Waals surface area contributed by atoms with Crippen molar-refractivity contribution in [2.75, 3.05) is 0 Å². The molecule has 0 spiro atoms. The van der Waals surface area contributed by atoms with Crippen LogP contribution in [0.1, 0.15) is 24.3 Å². The van der Waals surface area contributed by atoms with Gasteiger partial charge < -0.3 is 14.3 Å². The highest BCUT2D eigenvalue weighted by Gasteiger charge is 2.34.